The molecule has 5 aliphatic heterocycles. The molecule has 372 valence electrons. The molecule has 0 aromatic heterocycles. The van der Waals surface area contributed by atoms with Crippen molar-refractivity contribution >= 4 is 11.8 Å². The molecule has 5 saturated heterocycles. The Balaban J connectivity index is 1.43. The Morgan fingerprint density at radius 3 is 1.31 bits per heavy atom. The largest absolute Gasteiger partial charge is 0.394 e. The summed E-state index contributed by atoms with van der Waals surface area (Å²) >= 11 is 0. The van der Waals surface area contributed by atoms with Gasteiger partial charge in [0.05, 0.1) is 33.0 Å². The van der Waals surface area contributed by atoms with Gasteiger partial charge in [-0.15, -0.1) is 0 Å². The summed E-state index contributed by atoms with van der Waals surface area (Å²) in [6.45, 7) is -1.96. The molecule has 28 heteroatoms. The van der Waals surface area contributed by atoms with Gasteiger partial charge >= 0.3 is 0 Å². The van der Waals surface area contributed by atoms with E-state index in [4.69, 9.17) is 52.1 Å². The van der Waals surface area contributed by atoms with Gasteiger partial charge < -0.3 is 129 Å². The number of aliphatic hydroxyl groups excluding tert-OH is 13. The summed E-state index contributed by atoms with van der Waals surface area (Å²) in [5, 5.41) is 145. The van der Waals surface area contributed by atoms with Crippen LogP contribution in [0.2, 0.25) is 0 Å². The molecule has 0 aliphatic carbocycles. The van der Waals surface area contributed by atoms with Gasteiger partial charge in [-0.05, 0) is 0 Å². The van der Waals surface area contributed by atoms with Crippen LogP contribution in [0.4, 0.5) is 0 Å². The second kappa shape index (κ2) is 23.3. The molecule has 0 bridgehead atoms. The zero-order valence-corrected chi connectivity index (χ0v) is 35.1. The van der Waals surface area contributed by atoms with Crippen LogP contribution in [0.1, 0.15) is 13.8 Å². The zero-order valence-electron chi connectivity index (χ0n) is 35.1. The van der Waals surface area contributed by atoms with Crippen molar-refractivity contribution in [2.24, 2.45) is 0 Å². The Bertz CT molecular complexity index is 1480. The molecule has 5 fully saturated rings. The molecular formula is C36H62N2O26. The highest BCUT2D eigenvalue weighted by Crippen LogP contribution is 2.35. The first-order chi connectivity index (χ1) is 30.3. The molecule has 28 nitrogen and oxygen atoms in total. The van der Waals surface area contributed by atoms with Crippen LogP contribution in [0, 0.1) is 0 Å². The molecular weight excluding hydrogens is 876 g/mol. The lowest BCUT2D eigenvalue weighted by atomic mass is 9.94. The maximum atomic E-state index is 12.5. The second-order valence-corrected chi connectivity index (χ2v) is 15.9. The smallest absolute Gasteiger partial charge is 0.217 e. The van der Waals surface area contributed by atoms with E-state index in [2.05, 4.69) is 10.6 Å². The first-order valence-electron chi connectivity index (χ1n) is 20.4. The third-order valence-corrected chi connectivity index (χ3v) is 11.6. The lowest BCUT2D eigenvalue weighted by molar-refractivity contribution is -0.384. The summed E-state index contributed by atoms with van der Waals surface area (Å²) in [4.78, 5) is 24.3. The highest BCUT2D eigenvalue weighted by atomic mass is 16.8. The van der Waals surface area contributed by atoms with Crippen LogP contribution in [0.5, 0.6) is 0 Å². The minimum absolute atomic E-state index is 0.681. The highest BCUT2D eigenvalue weighted by molar-refractivity contribution is 5.73. The normalized spacial score (nSPS) is 47.8. The number of ether oxygens (including phenoxy) is 11. The van der Waals surface area contributed by atoms with Crippen LogP contribution in [-0.4, -0.2) is 279 Å². The molecule has 0 unspecified atom stereocenters. The maximum Gasteiger partial charge on any atom is 0.217 e. The SMILES string of the molecule is CO[C@@H]1[C@H](O)[C@@H](OC[C@H]2O[C@@H](O[C@H]3[C@H](O)[C@@H](NC(C)=O)[C@H](O[C@H]4[C@H](O)[C@@H](NC(C)=O)[C@@H](O)O[C@@H]4CO)O[C@@H]3CO)[C@@H](O)[C@@H](O[C@H]3O[C@H](CO)[C@@H](O)[C@H](OC)[C@@H]3O)[C@@H]2O)O[C@H](CO)[C@H]1O. The molecule has 64 heavy (non-hydrogen) atoms. The minimum Gasteiger partial charge on any atom is -0.394 e. The predicted octanol–water partition coefficient (Wildman–Crippen LogP) is -10.3. The Morgan fingerprint density at radius 2 is 0.812 bits per heavy atom. The van der Waals surface area contributed by atoms with Crippen LogP contribution < -0.4 is 10.6 Å². The summed E-state index contributed by atoms with van der Waals surface area (Å²) in [5.41, 5.74) is 0. The Hall–Kier alpha value is -2.02. The lowest BCUT2D eigenvalue weighted by Crippen LogP contribution is -2.70. The summed E-state index contributed by atoms with van der Waals surface area (Å²) in [7, 11) is 2.31. The number of rotatable bonds is 17. The fraction of sp³-hybridized carbons (Fsp3) is 0.944. The van der Waals surface area contributed by atoms with E-state index in [1.165, 1.54) is 7.11 Å². The van der Waals surface area contributed by atoms with Crippen molar-refractivity contribution in [2.75, 3.05) is 47.3 Å². The van der Waals surface area contributed by atoms with Gasteiger partial charge in [-0.3, -0.25) is 9.59 Å². The molecule has 5 rings (SSSR count). The van der Waals surface area contributed by atoms with Crippen LogP contribution in [0.25, 0.3) is 0 Å². The van der Waals surface area contributed by atoms with Crippen LogP contribution in [0.15, 0.2) is 0 Å². The number of carbonyl (C=O) groups is 2. The molecule has 0 radical (unpaired) electrons. The number of methoxy groups -OCH3 is 2. The van der Waals surface area contributed by atoms with E-state index in [1.54, 1.807) is 0 Å². The summed E-state index contributed by atoms with van der Waals surface area (Å²) in [6.07, 6.45) is -39.1. The van der Waals surface area contributed by atoms with Crippen molar-refractivity contribution in [2.45, 2.75) is 167 Å². The van der Waals surface area contributed by atoms with E-state index in [1.807, 2.05) is 0 Å². The molecule has 5 aliphatic rings. The van der Waals surface area contributed by atoms with Crippen molar-refractivity contribution < 1.29 is 128 Å². The highest BCUT2D eigenvalue weighted by Gasteiger charge is 2.56. The van der Waals surface area contributed by atoms with E-state index in [0.717, 1.165) is 21.0 Å². The van der Waals surface area contributed by atoms with Gasteiger partial charge in [0.15, 0.2) is 31.5 Å². The van der Waals surface area contributed by atoms with Gasteiger partial charge in [0.2, 0.25) is 11.8 Å². The zero-order chi connectivity index (χ0) is 47.3. The Labute approximate surface area is 364 Å². The standard InChI is InChI=1S/C36H62N2O26/c1-10(43)37-17-22(48)27(14(7-41)57-32(17)53)62-33-18(38-11(2)44)23(49)28(15(8-42)60-33)63-36-26(52)31(64-35-25(51)30(55-4)20(46)13(6-40)59-35)21(47)16(61-36)9-56-34-24(50)29(54-3)19(45)12(5-39)58-34/h12-36,39-42,45-53H,5-9H2,1-4H3,(H,37,43)(H,38,44)/t12-,13-,14-,15-,16-,17-,18-,19-,20-,21-,22-,23-,24+,25+,26+,27-,28-,29+,30+,31+,32+,33+,34+,35-,36+/m1/s1. The molecule has 15 N–H and O–H groups in total. The first kappa shape index (κ1) is 52.9. The number of nitrogens with one attached hydrogen (secondary N) is 2. The summed E-state index contributed by atoms with van der Waals surface area (Å²) in [6, 6.07) is -3.15. The minimum atomic E-state index is -2.12. The fourth-order valence-electron chi connectivity index (χ4n) is 8.26. The molecule has 0 spiro atoms. The average Bonchev–Trinajstić information content (AvgIpc) is 3.25. The lowest BCUT2D eigenvalue weighted by Gasteiger charge is -2.50. The van der Waals surface area contributed by atoms with E-state index in [-0.39, 0.29) is 0 Å². The van der Waals surface area contributed by atoms with Gasteiger partial charge in [0, 0.05) is 28.1 Å². The topological polar surface area (TPSA) is 423 Å². The van der Waals surface area contributed by atoms with Gasteiger partial charge in [-0.1, -0.05) is 0 Å². The second-order valence-electron chi connectivity index (χ2n) is 15.9. The van der Waals surface area contributed by atoms with Gasteiger partial charge in [-0.2, -0.15) is 0 Å². The molecule has 0 saturated carbocycles. The van der Waals surface area contributed by atoms with Crippen LogP contribution >= 0.6 is 0 Å². The third kappa shape index (κ3) is 11.5. The molecule has 2 amide bonds. The van der Waals surface area contributed by atoms with Crippen molar-refractivity contribution in [3.8, 4) is 0 Å². The number of amides is 2. The number of aliphatic hydroxyl groups is 13. The number of carbonyl (C=O) groups excluding carboxylic acids is 2. The van der Waals surface area contributed by atoms with Crippen LogP contribution in [0.3, 0.4) is 0 Å². The monoisotopic (exact) mass is 938 g/mol. The van der Waals surface area contributed by atoms with E-state index in [0.29, 0.717) is 0 Å². The maximum absolute atomic E-state index is 12.5. The van der Waals surface area contributed by atoms with Gasteiger partial charge in [0.25, 0.3) is 0 Å². The fourth-order valence-corrected chi connectivity index (χ4v) is 8.26. The predicted molar refractivity (Wildman–Crippen MR) is 199 cm³/mol. The Morgan fingerprint density at radius 1 is 0.438 bits per heavy atom. The van der Waals surface area contributed by atoms with Crippen molar-refractivity contribution in [1.82, 2.24) is 10.6 Å². The van der Waals surface area contributed by atoms with Gasteiger partial charge in [-0.25, -0.2) is 0 Å². The Kier molecular flexibility index (Phi) is 19.3. The van der Waals surface area contributed by atoms with E-state index in [9.17, 15) is 76.0 Å². The van der Waals surface area contributed by atoms with Crippen molar-refractivity contribution in [3.63, 3.8) is 0 Å². The average molecular weight is 939 g/mol. The number of hydrogen-bond donors (Lipinski definition) is 15. The van der Waals surface area contributed by atoms with Crippen molar-refractivity contribution in [3.05, 3.63) is 0 Å². The summed E-state index contributed by atoms with van der Waals surface area (Å²) < 4.78 is 62.2. The van der Waals surface area contributed by atoms with Crippen LogP contribution in [-0.2, 0) is 61.7 Å². The molecule has 0 aromatic carbocycles. The molecule has 5 heterocycles. The quantitative estimate of drug-likeness (QED) is 0.0644. The summed E-state index contributed by atoms with van der Waals surface area (Å²) in [5.74, 6) is -1.46. The third-order valence-electron chi connectivity index (χ3n) is 11.6. The van der Waals surface area contributed by atoms with E-state index < -0.39 is 198 Å². The molecule has 0 aromatic rings. The molecule has 25 atom stereocenters. The first-order valence-corrected chi connectivity index (χ1v) is 20.4. The van der Waals surface area contributed by atoms with Crippen molar-refractivity contribution in [1.29, 1.82) is 0 Å². The van der Waals surface area contributed by atoms with Gasteiger partial charge in [0.1, 0.15) is 122 Å². The van der Waals surface area contributed by atoms with E-state index >= 15 is 0 Å². The number of hydrogen-bond acceptors (Lipinski definition) is 26.